The molecular weight excluding hydrogens is 226 g/mol. The normalized spacial score (nSPS) is 15.6. The standard InChI is InChI=1S/C11H22N2O.C2H6.CH5N/c1-3-4-5-6-10(12)11(14)13-7-9(2)8-13;2*1-2/h9-10H,3-8,12H2,1-2H3;1-2H3;2H2,1H3. The molecular formula is C14H33N3O. The van der Waals surface area contributed by atoms with Crippen molar-refractivity contribution in [2.45, 2.75) is 59.4 Å². The molecule has 1 amide bonds. The van der Waals surface area contributed by atoms with Crippen molar-refractivity contribution in [1.82, 2.24) is 4.90 Å². The molecule has 0 radical (unpaired) electrons. The molecule has 4 N–H and O–H groups in total. The Labute approximate surface area is 113 Å². The molecule has 1 fully saturated rings. The van der Waals surface area contributed by atoms with E-state index in [1.165, 1.54) is 19.9 Å². The predicted octanol–water partition coefficient (Wildman–Crippen LogP) is 1.97. The largest absolute Gasteiger partial charge is 0.341 e. The molecule has 0 aromatic rings. The SMILES string of the molecule is CC.CCCCCC(N)C(=O)N1CC(C)C1.CN. The second-order valence-corrected chi connectivity index (χ2v) is 4.45. The van der Waals surface area contributed by atoms with Gasteiger partial charge in [0.1, 0.15) is 0 Å². The molecule has 0 spiro atoms. The van der Waals surface area contributed by atoms with Crippen LogP contribution in [0.4, 0.5) is 0 Å². The Hall–Kier alpha value is -0.610. The van der Waals surface area contributed by atoms with Crippen molar-refractivity contribution in [2.75, 3.05) is 20.1 Å². The van der Waals surface area contributed by atoms with Crippen LogP contribution in [0, 0.1) is 5.92 Å². The first-order chi connectivity index (χ1) is 8.65. The van der Waals surface area contributed by atoms with E-state index in [0.717, 1.165) is 25.9 Å². The lowest BCUT2D eigenvalue weighted by atomic mass is 10.00. The summed E-state index contributed by atoms with van der Waals surface area (Å²) in [5, 5.41) is 0. The highest BCUT2D eigenvalue weighted by Gasteiger charge is 2.29. The quantitative estimate of drug-likeness (QED) is 0.741. The number of rotatable bonds is 5. The third kappa shape index (κ3) is 7.67. The van der Waals surface area contributed by atoms with E-state index < -0.39 is 0 Å². The number of carbonyl (C=O) groups is 1. The number of likely N-dealkylation sites (tertiary alicyclic amines) is 1. The van der Waals surface area contributed by atoms with Gasteiger partial charge in [-0.2, -0.15) is 0 Å². The van der Waals surface area contributed by atoms with Gasteiger partial charge in [0.25, 0.3) is 0 Å². The molecule has 4 heteroatoms. The van der Waals surface area contributed by atoms with Crippen LogP contribution in [0.1, 0.15) is 53.4 Å². The number of unbranched alkanes of at least 4 members (excludes halogenated alkanes) is 2. The molecule has 1 aliphatic heterocycles. The van der Waals surface area contributed by atoms with Crippen LogP contribution in [0.3, 0.4) is 0 Å². The van der Waals surface area contributed by atoms with E-state index in [0.29, 0.717) is 5.92 Å². The topological polar surface area (TPSA) is 72.4 Å². The van der Waals surface area contributed by atoms with Crippen molar-refractivity contribution in [2.24, 2.45) is 17.4 Å². The van der Waals surface area contributed by atoms with Crippen LogP contribution in [-0.2, 0) is 4.79 Å². The van der Waals surface area contributed by atoms with E-state index in [9.17, 15) is 4.79 Å². The minimum atomic E-state index is -0.256. The van der Waals surface area contributed by atoms with Gasteiger partial charge >= 0.3 is 0 Å². The van der Waals surface area contributed by atoms with Crippen LogP contribution >= 0.6 is 0 Å². The van der Waals surface area contributed by atoms with E-state index in [2.05, 4.69) is 19.6 Å². The second kappa shape index (κ2) is 12.8. The summed E-state index contributed by atoms with van der Waals surface area (Å²) in [6.07, 6.45) is 4.28. The Morgan fingerprint density at radius 1 is 1.28 bits per heavy atom. The van der Waals surface area contributed by atoms with E-state index in [1.54, 1.807) is 0 Å². The van der Waals surface area contributed by atoms with Crippen LogP contribution in [0.25, 0.3) is 0 Å². The van der Waals surface area contributed by atoms with Crippen molar-refractivity contribution < 1.29 is 4.79 Å². The highest BCUT2D eigenvalue weighted by atomic mass is 16.2. The zero-order chi connectivity index (χ0) is 14.6. The van der Waals surface area contributed by atoms with Crippen molar-refractivity contribution in [3.05, 3.63) is 0 Å². The Morgan fingerprint density at radius 3 is 2.17 bits per heavy atom. The third-order valence-corrected chi connectivity index (χ3v) is 2.81. The molecule has 1 atom stereocenters. The van der Waals surface area contributed by atoms with Crippen molar-refractivity contribution in [3.8, 4) is 0 Å². The summed E-state index contributed by atoms with van der Waals surface area (Å²) >= 11 is 0. The van der Waals surface area contributed by atoms with E-state index >= 15 is 0 Å². The Bertz CT molecular complexity index is 191. The molecule has 0 saturated carbocycles. The highest BCUT2D eigenvalue weighted by molar-refractivity contribution is 5.82. The Kier molecular flexibility index (Phi) is 14.1. The van der Waals surface area contributed by atoms with E-state index in [4.69, 9.17) is 5.73 Å². The number of carbonyl (C=O) groups excluding carboxylic acids is 1. The first-order valence-corrected chi connectivity index (χ1v) is 7.27. The molecule has 1 unspecified atom stereocenters. The molecule has 4 nitrogen and oxygen atoms in total. The van der Waals surface area contributed by atoms with Crippen molar-refractivity contribution in [1.29, 1.82) is 0 Å². The molecule has 1 aliphatic rings. The fraction of sp³-hybridized carbons (Fsp3) is 0.929. The Balaban J connectivity index is 0. The van der Waals surface area contributed by atoms with Gasteiger partial charge in [-0.1, -0.05) is 47.0 Å². The van der Waals surface area contributed by atoms with Crippen LogP contribution in [0.15, 0.2) is 0 Å². The number of hydrogen-bond donors (Lipinski definition) is 2. The van der Waals surface area contributed by atoms with Crippen LogP contribution < -0.4 is 11.5 Å². The maximum absolute atomic E-state index is 11.7. The minimum Gasteiger partial charge on any atom is -0.341 e. The fourth-order valence-corrected chi connectivity index (χ4v) is 1.85. The lowest BCUT2D eigenvalue weighted by Gasteiger charge is -2.38. The average molecular weight is 259 g/mol. The first-order valence-electron chi connectivity index (χ1n) is 7.27. The number of nitrogens with two attached hydrogens (primary N) is 2. The van der Waals surface area contributed by atoms with Gasteiger partial charge in [-0.3, -0.25) is 4.79 Å². The molecule has 0 aromatic carbocycles. The lowest BCUT2D eigenvalue weighted by molar-refractivity contribution is -0.138. The van der Waals surface area contributed by atoms with Crippen LogP contribution in [-0.4, -0.2) is 37.0 Å². The van der Waals surface area contributed by atoms with Gasteiger partial charge in [0.2, 0.25) is 5.91 Å². The predicted molar refractivity (Wildman–Crippen MR) is 79.3 cm³/mol. The molecule has 1 heterocycles. The smallest absolute Gasteiger partial charge is 0.239 e. The summed E-state index contributed by atoms with van der Waals surface area (Å²) in [6, 6.07) is -0.256. The molecule has 0 bridgehead atoms. The van der Waals surface area contributed by atoms with Gasteiger partial charge in [-0.15, -0.1) is 0 Å². The van der Waals surface area contributed by atoms with Gasteiger partial charge in [0, 0.05) is 13.1 Å². The first kappa shape index (κ1) is 19.7. The number of nitrogens with zero attached hydrogens (tertiary/aromatic N) is 1. The van der Waals surface area contributed by atoms with Crippen molar-refractivity contribution in [3.63, 3.8) is 0 Å². The average Bonchev–Trinajstić information content (AvgIpc) is 2.39. The van der Waals surface area contributed by atoms with Gasteiger partial charge in [0.05, 0.1) is 6.04 Å². The van der Waals surface area contributed by atoms with E-state index in [-0.39, 0.29) is 11.9 Å². The summed E-state index contributed by atoms with van der Waals surface area (Å²) < 4.78 is 0. The molecule has 18 heavy (non-hydrogen) atoms. The molecule has 110 valence electrons. The number of hydrogen-bond acceptors (Lipinski definition) is 3. The summed E-state index contributed by atoms with van der Waals surface area (Å²) in [4.78, 5) is 13.5. The van der Waals surface area contributed by atoms with Gasteiger partial charge in [0.15, 0.2) is 0 Å². The van der Waals surface area contributed by atoms with Crippen molar-refractivity contribution >= 4 is 5.91 Å². The number of amides is 1. The molecule has 0 aliphatic carbocycles. The van der Waals surface area contributed by atoms with Crippen LogP contribution in [0.5, 0.6) is 0 Å². The van der Waals surface area contributed by atoms with Crippen LogP contribution in [0.2, 0.25) is 0 Å². The third-order valence-electron chi connectivity index (χ3n) is 2.81. The summed E-state index contributed by atoms with van der Waals surface area (Å²) in [6.45, 7) is 10.1. The molecule has 1 rings (SSSR count). The molecule has 0 aromatic heterocycles. The van der Waals surface area contributed by atoms with Gasteiger partial charge in [-0.25, -0.2) is 0 Å². The summed E-state index contributed by atoms with van der Waals surface area (Å²) in [5.74, 6) is 0.820. The summed E-state index contributed by atoms with van der Waals surface area (Å²) in [5.41, 5.74) is 10.3. The van der Waals surface area contributed by atoms with E-state index in [1.807, 2.05) is 18.7 Å². The summed E-state index contributed by atoms with van der Waals surface area (Å²) in [7, 11) is 1.50. The second-order valence-electron chi connectivity index (χ2n) is 4.45. The Morgan fingerprint density at radius 2 is 1.78 bits per heavy atom. The van der Waals surface area contributed by atoms with Gasteiger partial charge < -0.3 is 16.4 Å². The minimum absolute atomic E-state index is 0.152. The van der Waals surface area contributed by atoms with Gasteiger partial charge in [-0.05, 0) is 19.4 Å². The fourth-order valence-electron chi connectivity index (χ4n) is 1.85. The maximum Gasteiger partial charge on any atom is 0.239 e. The monoisotopic (exact) mass is 259 g/mol. The zero-order valence-corrected chi connectivity index (χ0v) is 12.9. The highest BCUT2D eigenvalue weighted by Crippen LogP contribution is 2.16. The maximum atomic E-state index is 11.7. The lowest BCUT2D eigenvalue weighted by Crippen LogP contribution is -2.54. The molecule has 1 saturated heterocycles. The zero-order valence-electron chi connectivity index (χ0n) is 12.9.